The Bertz CT molecular complexity index is 1600. The zero-order chi connectivity index (χ0) is 64.7. The first-order chi connectivity index (χ1) is 43.6. The normalized spacial score (nSPS) is 12.9. The summed E-state index contributed by atoms with van der Waals surface area (Å²) in [6.07, 6.45) is 89.4. The van der Waals surface area contributed by atoms with E-state index in [2.05, 4.69) is 62.5 Å². The molecule has 0 amide bonds. The number of unbranched alkanes of at least 4 members (excludes halogenated alkanes) is 50. The van der Waals surface area contributed by atoms with Crippen LogP contribution < -0.4 is 5.11 Å². The minimum absolute atomic E-state index is 0.150. The van der Waals surface area contributed by atoms with E-state index in [-0.39, 0.29) is 32.2 Å². The van der Waals surface area contributed by atoms with Gasteiger partial charge in [-0.2, -0.15) is 0 Å². The number of esters is 2. The van der Waals surface area contributed by atoms with Crippen molar-refractivity contribution in [3.8, 4) is 0 Å². The molecule has 0 saturated carbocycles. The highest BCUT2D eigenvalue weighted by Crippen LogP contribution is 2.19. The maximum atomic E-state index is 13.0. The molecule has 0 aliphatic rings. The Morgan fingerprint density at radius 3 is 0.910 bits per heavy atom. The van der Waals surface area contributed by atoms with Crippen molar-refractivity contribution in [1.82, 2.24) is 0 Å². The van der Waals surface area contributed by atoms with Crippen LogP contribution in [0.4, 0.5) is 0 Å². The van der Waals surface area contributed by atoms with Crippen LogP contribution in [0.2, 0.25) is 0 Å². The summed E-state index contributed by atoms with van der Waals surface area (Å²) >= 11 is 0. The molecule has 0 aliphatic carbocycles. The molecule has 2 unspecified atom stereocenters. The minimum Gasteiger partial charge on any atom is -0.545 e. The van der Waals surface area contributed by atoms with Crippen LogP contribution in [-0.4, -0.2) is 82.3 Å². The van der Waals surface area contributed by atoms with Crippen LogP contribution in [0.1, 0.15) is 386 Å². The van der Waals surface area contributed by atoms with E-state index in [1.54, 1.807) is 0 Å². The summed E-state index contributed by atoms with van der Waals surface area (Å²) in [5, 5.41) is 11.8. The Balaban J connectivity index is 3.97. The predicted molar refractivity (Wildman–Crippen MR) is 380 cm³/mol. The van der Waals surface area contributed by atoms with Gasteiger partial charge in [0.2, 0.25) is 0 Å². The van der Waals surface area contributed by atoms with Gasteiger partial charge >= 0.3 is 11.9 Å². The highest BCUT2D eigenvalue weighted by Gasteiger charge is 2.22. The molecule has 0 aliphatic heterocycles. The largest absolute Gasteiger partial charge is 0.545 e. The van der Waals surface area contributed by atoms with Gasteiger partial charge in [0.1, 0.15) is 13.2 Å². The first kappa shape index (κ1) is 86.2. The van der Waals surface area contributed by atoms with Crippen LogP contribution >= 0.6 is 0 Å². The smallest absolute Gasteiger partial charge is 0.306 e. The van der Waals surface area contributed by atoms with Crippen molar-refractivity contribution in [2.75, 3.05) is 47.5 Å². The minimum atomic E-state index is -1.62. The zero-order valence-electron chi connectivity index (χ0n) is 59.8. The van der Waals surface area contributed by atoms with Gasteiger partial charge in [-0.3, -0.25) is 9.59 Å². The quantitative estimate of drug-likeness (QED) is 0.0195. The molecule has 0 aromatic carbocycles. The van der Waals surface area contributed by atoms with Gasteiger partial charge in [-0.1, -0.05) is 345 Å². The lowest BCUT2D eigenvalue weighted by atomic mass is 10.0. The first-order valence-corrected chi connectivity index (χ1v) is 38.8. The molecule has 9 nitrogen and oxygen atoms in total. The average Bonchev–Trinajstić information content (AvgIpc) is 3.64. The van der Waals surface area contributed by atoms with Crippen LogP contribution in [-0.2, 0) is 33.3 Å². The van der Waals surface area contributed by atoms with Gasteiger partial charge in [-0.25, -0.2) is 0 Å². The van der Waals surface area contributed by atoms with Crippen molar-refractivity contribution < 1.29 is 42.9 Å². The number of likely N-dealkylation sites (N-methyl/N-ethyl adjacent to an activating group) is 1. The zero-order valence-corrected chi connectivity index (χ0v) is 59.8. The highest BCUT2D eigenvalue weighted by atomic mass is 16.7. The lowest BCUT2D eigenvalue weighted by Gasteiger charge is -2.26. The van der Waals surface area contributed by atoms with Gasteiger partial charge in [-0.05, 0) is 77.0 Å². The Hall–Kier alpha value is -2.75. The van der Waals surface area contributed by atoms with E-state index in [0.29, 0.717) is 17.4 Å². The predicted octanol–water partition coefficient (Wildman–Crippen LogP) is 23.1. The third-order valence-electron chi connectivity index (χ3n) is 17.5. The molecular weight excluding hydrogens is 1100 g/mol. The van der Waals surface area contributed by atoms with Gasteiger partial charge in [0.05, 0.1) is 40.3 Å². The van der Waals surface area contributed by atoms with E-state index in [1.165, 1.54) is 308 Å². The van der Waals surface area contributed by atoms with Crippen LogP contribution in [0.3, 0.4) is 0 Å². The maximum Gasteiger partial charge on any atom is 0.306 e. The molecular formula is C80H149NO8. The molecule has 0 heterocycles. The second kappa shape index (κ2) is 71.1. The van der Waals surface area contributed by atoms with Crippen LogP contribution in [0.15, 0.2) is 48.6 Å². The molecule has 0 spiro atoms. The highest BCUT2D eigenvalue weighted by molar-refractivity contribution is 5.70. The van der Waals surface area contributed by atoms with E-state index in [9.17, 15) is 19.5 Å². The molecule has 9 heteroatoms. The average molecular weight is 1250 g/mol. The number of quaternary nitrogens is 1. The molecule has 0 radical (unpaired) electrons. The molecule has 0 fully saturated rings. The monoisotopic (exact) mass is 1250 g/mol. The Morgan fingerprint density at radius 1 is 0.337 bits per heavy atom. The second-order valence-corrected chi connectivity index (χ2v) is 27.6. The number of aliphatic carboxylic acids is 1. The molecule has 0 aromatic rings. The number of carboxylic acids is 1. The van der Waals surface area contributed by atoms with E-state index in [4.69, 9.17) is 18.9 Å². The van der Waals surface area contributed by atoms with E-state index >= 15 is 0 Å². The lowest BCUT2D eigenvalue weighted by molar-refractivity contribution is -0.870. The summed E-state index contributed by atoms with van der Waals surface area (Å²) in [7, 11) is 5.95. The van der Waals surface area contributed by atoms with Crippen LogP contribution in [0.5, 0.6) is 0 Å². The third-order valence-corrected chi connectivity index (χ3v) is 17.5. The molecule has 2 atom stereocenters. The van der Waals surface area contributed by atoms with Crippen molar-refractivity contribution >= 4 is 17.9 Å². The summed E-state index contributed by atoms with van der Waals surface area (Å²) in [5.74, 6) is -2.25. The summed E-state index contributed by atoms with van der Waals surface area (Å²) < 4.78 is 22.9. The Morgan fingerprint density at radius 2 is 0.607 bits per heavy atom. The topological polar surface area (TPSA) is 111 Å². The Kier molecular flexibility index (Phi) is 68.9. The van der Waals surface area contributed by atoms with E-state index in [1.807, 2.05) is 21.1 Å². The van der Waals surface area contributed by atoms with Gasteiger partial charge in [0, 0.05) is 12.8 Å². The number of allylic oxidation sites excluding steroid dienone is 8. The van der Waals surface area contributed by atoms with Gasteiger partial charge < -0.3 is 33.3 Å². The van der Waals surface area contributed by atoms with Gasteiger partial charge in [0.15, 0.2) is 12.4 Å². The van der Waals surface area contributed by atoms with E-state index < -0.39 is 24.3 Å². The van der Waals surface area contributed by atoms with Crippen molar-refractivity contribution in [3.63, 3.8) is 0 Å². The number of hydrogen-bond acceptors (Lipinski definition) is 8. The molecule has 89 heavy (non-hydrogen) atoms. The number of ether oxygens (including phenoxy) is 4. The van der Waals surface area contributed by atoms with Gasteiger partial charge in [0.25, 0.3) is 0 Å². The second-order valence-electron chi connectivity index (χ2n) is 27.6. The molecule has 0 bridgehead atoms. The number of carbonyl (C=O) groups excluding carboxylic acids is 3. The van der Waals surface area contributed by atoms with Crippen LogP contribution in [0, 0.1) is 0 Å². The molecule has 522 valence electrons. The standard InChI is InChI=1S/C80H149NO8/c1-6-8-10-12-14-16-18-20-22-24-26-28-30-32-33-34-35-36-37-38-39-40-41-42-43-44-45-47-49-51-53-55-57-59-61-63-65-67-69-71-78(83)89-76(75-88-80(79(84)85)86-73-72-81(3,4)5)74-87-77(82)70-68-66-64-62-60-58-56-54-52-50-48-46-31-29-27-25-23-21-19-17-15-13-11-9-7-2/h18,20,24-27,30,32,76,80H,6-17,19,21-23,28-29,31,33-75H2,1-5H3/b20-18-,26-24-,27-25-,32-30-. The number of nitrogens with zero attached hydrogens (tertiary/aromatic N) is 1. The van der Waals surface area contributed by atoms with Gasteiger partial charge in [-0.15, -0.1) is 0 Å². The SMILES string of the molecule is CCCCCCC/C=C\C/C=C\C/C=C\CCCCCCCCCCCCCCCCCCCCCCCCCCC(=O)OC(COC(=O)CCCCCCCCCCCCCCC/C=C\CCCCCCCCCC)COC(OCC[N+](C)(C)C)C(=O)[O-]. The molecule has 0 aromatic heterocycles. The summed E-state index contributed by atoms with van der Waals surface area (Å²) in [6.45, 7) is 4.80. The third kappa shape index (κ3) is 72.5. The number of carboxylic acid groups (broad SMARTS) is 1. The lowest BCUT2D eigenvalue weighted by Crippen LogP contribution is -2.44. The first-order valence-electron chi connectivity index (χ1n) is 38.8. The number of hydrogen-bond donors (Lipinski definition) is 0. The number of carbonyl (C=O) groups is 3. The fourth-order valence-corrected chi connectivity index (χ4v) is 11.6. The van der Waals surface area contributed by atoms with E-state index in [0.717, 1.165) is 51.4 Å². The molecule has 0 N–H and O–H groups in total. The fourth-order valence-electron chi connectivity index (χ4n) is 11.6. The molecule has 0 rings (SSSR count). The maximum absolute atomic E-state index is 13.0. The summed E-state index contributed by atoms with van der Waals surface area (Å²) in [5.41, 5.74) is 0. The van der Waals surface area contributed by atoms with Crippen LogP contribution in [0.25, 0.3) is 0 Å². The summed E-state index contributed by atoms with van der Waals surface area (Å²) in [6, 6.07) is 0. The number of rotatable bonds is 73. The van der Waals surface area contributed by atoms with Crippen molar-refractivity contribution in [2.24, 2.45) is 0 Å². The summed E-state index contributed by atoms with van der Waals surface area (Å²) in [4.78, 5) is 37.5. The molecule has 0 saturated heterocycles. The van der Waals surface area contributed by atoms with Crippen molar-refractivity contribution in [3.05, 3.63) is 48.6 Å². The van der Waals surface area contributed by atoms with Crippen molar-refractivity contribution in [1.29, 1.82) is 0 Å². The Labute approximate surface area is 553 Å². The van der Waals surface area contributed by atoms with Crippen molar-refractivity contribution in [2.45, 2.75) is 399 Å². The fraction of sp³-hybridized carbons (Fsp3) is 0.863.